The molecule has 1 saturated heterocycles. The van der Waals surface area contributed by atoms with Gasteiger partial charge in [-0.15, -0.1) is 10.2 Å². The summed E-state index contributed by atoms with van der Waals surface area (Å²) in [6, 6.07) is 0. The van der Waals surface area contributed by atoms with Crippen molar-refractivity contribution in [3.05, 3.63) is 11.8 Å². The molecule has 5 heteroatoms. The van der Waals surface area contributed by atoms with Gasteiger partial charge in [-0.3, -0.25) is 4.79 Å². The fourth-order valence-electron chi connectivity index (χ4n) is 1.56. The smallest absolute Gasteiger partial charge is 0.280 e. The van der Waals surface area contributed by atoms with Crippen molar-refractivity contribution >= 4 is 6.29 Å². The first-order valence-corrected chi connectivity index (χ1v) is 4.61. The van der Waals surface area contributed by atoms with Crippen LogP contribution in [0.15, 0.2) is 4.42 Å². The number of ether oxygens (including phenoxy) is 1. The number of hydrogen-bond acceptors (Lipinski definition) is 5. The van der Waals surface area contributed by atoms with Crippen LogP contribution in [0.3, 0.4) is 0 Å². The van der Waals surface area contributed by atoms with E-state index in [-0.39, 0.29) is 11.3 Å². The molecule has 1 aliphatic heterocycles. The van der Waals surface area contributed by atoms with E-state index in [1.165, 1.54) is 0 Å². The van der Waals surface area contributed by atoms with E-state index in [9.17, 15) is 4.79 Å². The molecule has 1 fully saturated rings. The molecular weight excluding hydrogens is 184 g/mol. The molecule has 0 saturated carbocycles. The monoisotopic (exact) mass is 196 g/mol. The normalized spacial score (nSPS) is 20.6. The number of aldehydes is 1. The maximum atomic E-state index is 10.4. The minimum absolute atomic E-state index is 0.0488. The summed E-state index contributed by atoms with van der Waals surface area (Å²) in [4.78, 5) is 10.4. The van der Waals surface area contributed by atoms with Crippen molar-refractivity contribution in [3.8, 4) is 0 Å². The number of aromatic nitrogens is 2. The van der Waals surface area contributed by atoms with Gasteiger partial charge < -0.3 is 9.15 Å². The van der Waals surface area contributed by atoms with Crippen LogP contribution >= 0.6 is 0 Å². The highest BCUT2D eigenvalue weighted by Crippen LogP contribution is 2.32. The van der Waals surface area contributed by atoms with Gasteiger partial charge in [-0.1, -0.05) is 6.92 Å². The second-order valence-corrected chi connectivity index (χ2v) is 3.74. The Kier molecular flexibility index (Phi) is 2.33. The molecule has 0 amide bonds. The third-order valence-corrected chi connectivity index (χ3v) is 2.65. The Hall–Kier alpha value is -1.23. The van der Waals surface area contributed by atoms with Crippen LogP contribution in [0, 0.1) is 0 Å². The highest BCUT2D eigenvalue weighted by Gasteiger charge is 2.34. The van der Waals surface area contributed by atoms with Gasteiger partial charge in [0, 0.05) is 13.2 Å². The number of carbonyl (C=O) groups is 1. The molecule has 2 rings (SSSR count). The van der Waals surface area contributed by atoms with Crippen LogP contribution in [0.2, 0.25) is 0 Å². The van der Waals surface area contributed by atoms with Crippen molar-refractivity contribution in [1.82, 2.24) is 10.2 Å². The molecule has 14 heavy (non-hydrogen) atoms. The van der Waals surface area contributed by atoms with Crippen molar-refractivity contribution in [2.45, 2.75) is 25.2 Å². The van der Waals surface area contributed by atoms with Gasteiger partial charge in [0.2, 0.25) is 12.2 Å². The van der Waals surface area contributed by atoms with Gasteiger partial charge >= 0.3 is 0 Å². The predicted octanol–water partition coefficient (Wildman–Crippen LogP) is 0.950. The molecule has 76 valence electrons. The highest BCUT2D eigenvalue weighted by molar-refractivity contribution is 5.66. The van der Waals surface area contributed by atoms with Crippen LogP contribution in [0.5, 0.6) is 0 Å². The van der Waals surface area contributed by atoms with Crippen LogP contribution in [-0.2, 0) is 10.2 Å². The summed E-state index contributed by atoms with van der Waals surface area (Å²) in [7, 11) is 0. The van der Waals surface area contributed by atoms with E-state index in [1.54, 1.807) is 0 Å². The van der Waals surface area contributed by atoms with Crippen LogP contribution < -0.4 is 0 Å². The Morgan fingerprint density at radius 1 is 1.36 bits per heavy atom. The van der Waals surface area contributed by atoms with E-state index in [1.807, 2.05) is 0 Å². The van der Waals surface area contributed by atoms with Gasteiger partial charge in [0.15, 0.2) is 0 Å². The lowest BCUT2D eigenvalue weighted by atomic mass is 9.82. The lowest BCUT2D eigenvalue weighted by Crippen LogP contribution is -2.30. The second kappa shape index (κ2) is 3.49. The lowest BCUT2D eigenvalue weighted by Gasteiger charge is -2.29. The summed E-state index contributed by atoms with van der Waals surface area (Å²) in [6.07, 6.45) is 2.28. The molecule has 0 N–H and O–H groups in total. The summed E-state index contributed by atoms with van der Waals surface area (Å²) >= 11 is 0. The van der Waals surface area contributed by atoms with Crippen LogP contribution in [0.4, 0.5) is 0 Å². The van der Waals surface area contributed by atoms with E-state index in [4.69, 9.17) is 9.15 Å². The minimum Gasteiger partial charge on any atom is -0.418 e. The van der Waals surface area contributed by atoms with E-state index in [0.717, 1.165) is 12.8 Å². The first-order chi connectivity index (χ1) is 6.74. The summed E-state index contributed by atoms with van der Waals surface area (Å²) < 4.78 is 10.5. The number of hydrogen-bond donors (Lipinski definition) is 0. The average molecular weight is 196 g/mol. The molecule has 0 radical (unpaired) electrons. The second-order valence-electron chi connectivity index (χ2n) is 3.74. The molecule has 0 atom stereocenters. The van der Waals surface area contributed by atoms with Crippen LogP contribution in [-0.4, -0.2) is 29.7 Å². The van der Waals surface area contributed by atoms with E-state index in [2.05, 4.69) is 17.1 Å². The third kappa shape index (κ3) is 1.55. The third-order valence-electron chi connectivity index (χ3n) is 2.65. The van der Waals surface area contributed by atoms with Gasteiger partial charge in [0.25, 0.3) is 5.89 Å². The van der Waals surface area contributed by atoms with E-state index >= 15 is 0 Å². The zero-order valence-electron chi connectivity index (χ0n) is 8.02. The molecule has 0 aromatic carbocycles. The molecule has 0 spiro atoms. The Morgan fingerprint density at radius 3 is 2.64 bits per heavy atom. The first kappa shape index (κ1) is 9.33. The molecule has 1 aliphatic rings. The molecule has 0 aliphatic carbocycles. The Balaban J connectivity index is 2.23. The number of rotatable bonds is 2. The van der Waals surface area contributed by atoms with E-state index in [0.29, 0.717) is 25.4 Å². The van der Waals surface area contributed by atoms with Gasteiger partial charge in [0.1, 0.15) is 0 Å². The van der Waals surface area contributed by atoms with Crippen LogP contribution in [0.25, 0.3) is 0 Å². The van der Waals surface area contributed by atoms with Crippen molar-refractivity contribution in [3.63, 3.8) is 0 Å². The standard InChI is InChI=1S/C9H12N2O3/c1-9(2-4-13-5-3-9)8-11-10-7(6-12)14-8/h6H,2-5H2,1H3. The summed E-state index contributed by atoms with van der Waals surface area (Å²) in [6.45, 7) is 3.46. The maximum absolute atomic E-state index is 10.4. The molecule has 1 aromatic rings. The summed E-state index contributed by atoms with van der Waals surface area (Å²) in [5.74, 6) is 0.593. The fourth-order valence-corrected chi connectivity index (χ4v) is 1.56. The molecule has 5 nitrogen and oxygen atoms in total. The molecule has 1 aromatic heterocycles. The van der Waals surface area contributed by atoms with E-state index < -0.39 is 0 Å². The molecule has 2 heterocycles. The average Bonchev–Trinajstić information content (AvgIpc) is 2.67. The maximum Gasteiger partial charge on any atom is 0.280 e. The van der Waals surface area contributed by atoms with Crippen LogP contribution in [0.1, 0.15) is 36.3 Å². The Morgan fingerprint density at radius 2 is 2.07 bits per heavy atom. The van der Waals surface area contributed by atoms with Crippen molar-refractivity contribution < 1.29 is 13.9 Å². The number of nitrogens with zero attached hydrogens (tertiary/aromatic N) is 2. The SMILES string of the molecule is CC1(c2nnc(C=O)o2)CCOCC1. The summed E-state index contributed by atoms with van der Waals surface area (Å²) in [5.41, 5.74) is -0.132. The fraction of sp³-hybridized carbons (Fsp3) is 0.667. The van der Waals surface area contributed by atoms with Crippen molar-refractivity contribution in [2.24, 2.45) is 0 Å². The van der Waals surface area contributed by atoms with Gasteiger partial charge in [-0.2, -0.15) is 0 Å². The Bertz CT molecular complexity index is 329. The van der Waals surface area contributed by atoms with Crippen molar-refractivity contribution in [2.75, 3.05) is 13.2 Å². The topological polar surface area (TPSA) is 65.2 Å². The zero-order chi connectivity index (χ0) is 10.0. The largest absolute Gasteiger partial charge is 0.418 e. The minimum atomic E-state index is -0.132. The van der Waals surface area contributed by atoms with Crippen molar-refractivity contribution in [1.29, 1.82) is 0 Å². The number of carbonyl (C=O) groups excluding carboxylic acids is 1. The van der Waals surface area contributed by atoms with Gasteiger partial charge in [0.05, 0.1) is 5.41 Å². The van der Waals surface area contributed by atoms with Gasteiger partial charge in [-0.05, 0) is 12.8 Å². The highest BCUT2D eigenvalue weighted by atomic mass is 16.5. The molecule has 0 bridgehead atoms. The first-order valence-electron chi connectivity index (χ1n) is 4.61. The summed E-state index contributed by atoms with van der Waals surface area (Å²) in [5, 5.41) is 7.51. The molecule has 0 unspecified atom stereocenters. The quantitative estimate of drug-likeness (QED) is 0.659. The predicted molar refractivity (Wildman–Crippen MR) is 47.1 cm³/mol. The zero-order valence-corrected chi connectivity index (χ0v) is 8.02. The van der Waals surface area contributed by atoms with Gasteiger partial charge in [-0.25, -0.2) is 0 Å². The Labute approximate surface area is 81.5 Å². The molecular formula is C9H12N2O3. The lowest BCUT2D eigenvalue weighted by molar-refractivity contribution is 0.0466.